The molecule has 0 aliphatic carbocycles. The Morgan fingerprint density at radius 1 is 1.38 bits per heavy atom. The van der Waals surface area contributed by atoms with Crippen LogP contribution in [0.2, 0.25) is 0 Å². The SMILES string of the molecule is COc1cccc(C2OCC(C(C)C)O2)c1. The van der Waals surface area contributed by atoms with Gasteiger partial charge >= 0.3 is 0 Å². The molecule has 2 atom stereocenters. The molecule has 3 heteroatoms. The second kappa shape index (κ2) is 4.85. The van der Waals surface area contributed by atoms with Crippen LogP contribution in [0.15, 0.2) is 24.3 Å². The first-order chi connectivity index (χ1) is 7.70. The van der Waals surface area contributed by atoms with Crippen molar-refractivity contribution >= 4 is 0 Å². The smallest absolute Gasteiger partial charge is 0.184 e. The van der Waals surface area contributed by atoms with Gasteiger partial charge in [0, 0.05) is 5.56 Å². The summed E-state index contributed by atoms with van der Waals surface area (Å²) in [6.45, 7) is 4.95. The van der Waals surface area contributed by atoms with Gasteiger partial charge in [0.2, 0.25) is 0 Å². The fourth-order valence-electron chi connectivity index (χ4n) is 1.73. The lowest BCUT2D eigenvalue weighted by atomic mass is 10.1. The van der Waals surface area contributed by atoms with E-state index in [9.17, 15) is 0 Å². The van der Waals surface area contributed by atoms with E-state index in [2.05, 4.69) is 13.8 Å². The minimum Gasteiger partial charge on any atom is -0.497 e. The molecule has 1 fully saturated rings. The van der Waals surface area contributed by atoms with Crippen LogP contribution in [0, 0.1) is 5.92 Å². The predicted molar refractivity (Wildman–Crippen MR) is 61.4 cm³/mol. The molecular weight excluding hydrogens is 204 g/mol. The van der Waals surface area contributed by atoms with Crippen molar-refractivity contribution in [3.63, 3.8) is 0 Å². The third kappa shape index (κ3) is 2.36. The Labute approximate surface area is 96.3 Å². The van der Waals surface area contributed by atoms with Crippen LogP contribution in [-0.2, 0) is 9.47 Å². The normalized spacial score (nSPS) is 25.0. The zero-order valence-corrected chi connectivity index (χ0v) is 9.97. The topological polar surface area (TPSA) is 27.7 Å². The number of rotatable bonds is 3. The molecule has 0 aromatic heterocycles. The second-order valence-corrected chi connectivity index (χ2v) is 4.36. The molecule has 0 radical (unpaired) electrons. The fraction of sp³-hybridized carbons (Fsp3) is 0.538. The van der Waals surface area contributed by atoms with Crippen LogP contribution in [0.4, 0.5) is 0 Å². The molecule has 1 saturated heterocycles. The van der Waals surface area contributed by atoms with Gasteiger partial charge in [0.05, 0.1) is 19.8 Å². The Hall–Kier alpha value is -1.06. The number of hydrogen-bond acceptors (Lipinski definition) is 3. The third-order valence-electron chi connectivity index (χ3n) is 2.82. The highest BCUT2D eigenvalue weighted by molar-refractivity contribution is 5.29. The minimum absolute atomic E-state index is 0.191. The van der Waals surface area contributed by atoms with Gasteiger partial charge in [-0.15, -0.1) is 0 Å². The Morgan fingerprint density at radius 2 is 2.19 bits per heavy atom. The fourth-order valence-corrected chi connectivity index (χ4v) is 1.73. The molecular formula is C13H18O3. The molecule has 1 aliphatic heterocycles. The van der Waals surface area contributed by atoms with Crippen molar-refractivity contribution in [2.75, 3.05) is 13.7 Å². The van der Waals surface area contributed by atoms with Crippen LogP contribution >= 0.6 is 0 Å². The summed E-state index contributed by atoms with van der Waals surface area (Å²) in [5, 5.41) is 0. The monoisotopic (exact) mass is 222 g/mol. The zero-order chi connectivity index (χ0) is 11.5. The summed E-state index contributed by atoms with van der Waals surface area (Å²) in [5.41, 5.74) is 1.02. The highest BCUT2D eigenvalue weighted by Gasteiger charge is 2.29. The van der Waals surface area contributed by atoms with Gasteiger partial charge in [-0.25, -0.2) is 0 Å². The average molecular weight is 222 g/mol. The van der Waals surface area contributed by atoms with Crippen molar-refractivity contribution in [1.82, 2.24) is 0 Å². The van der Waals surface area contributed by atoms with Crippen molar-refractivity contribution in [3.8, 4) is 5.75 Å². The van der Waals surface area contributed by atoms with E-state index in [-0.39, 0.29) is 12.4 Å². The molecule has 1 heterocycles. The van der Waals surface area contributed by atoms with Gasteiger partial charge in [-0.1, -0.05) is 26.0 Å². The van der Waals surface area contributed by atoms with Crippen molar-refractivity contribution < 1.29 is 14.2 Å². The zero-order valence-electron chi connectivity index (χ0n) is 9.97. The highest BCUT2D eigenvalue weighted by Crippen LogP contribution is 2.31. The van der Waals surface area contributed by atoms with Crippen LogP contribution in [0.3, 0.4) is 0 Å². The summed E-state index contributed by atoms with van der Waals surface area (Å²) in [4.78, 5) is 0. The van der Waals surface area contributed by atoms with Crippen LogP contribution in [0.1, 0.15) is 25.7 Å². The first-order valence-corrected chi connectivity index (χ1v) is 5.61. The van der Waals surface area contributed by atoms with Crippen molar-refractivity contribution in [1.29, 1.82) is 0 Å². The van der Waals surface area contributed by atoms with Gasteiger partial charge in [0.1, 0.15) is 5.75 Å². The molecule has 0 N–H and O–H groups in total. The van der Waals surface area contributed by atoms with E-state index in [0.29, 0.717) is 12.5 Å². The highest BCUT2D eigenvalue weighted by atomic mass is 16.7. The number of benzene rings is 1. The predicted octanol–water partition coefficient (Wildman–Crippen LogP) is 2.77. The summed E-state index contributed by atoms with van der Waals surface area (Å²) >= 11 is 0. The average Bonchev–Trinajstić information content (AvgIpc) is 2.78. The standard InChI is InChI=1S/C13H18O3/c1-9(2)12-8-15-13(16-12)10-5-4-6-11(7-10)14-3/h4-7,9,12-13H,8H2,1-3H3. The van der Waals surface area contributed by atoms with Crippen LogP contribution in [-0.4, -0.2) is 19.8 Å². The van der Waals surface area contributed by atoms with Gasteiger partial charge in [-0.2, -0.15) is 0 Å². The largest absolute Gasteiger partial charge is 0.497 e. The minimum atomic E-state index is -0.248. The Morgan fingerprint density at radius 3 is 2.81 bits per heavy atom. The lowest BCUT2D eigenvalue weighted by Crippen LogP contribution is -2.17. The first-order valence-electron chi connectivity index (χ1n) is 5.61. The van der Waals surface area contributed by atoms with Crippen LogP contribution in [0.25, 0.3) is 0 Å². The number of hydrogen-bond donors (Lipinski definition) is 0. The molecule has 1 aromatic carbocycles. The van der Waals surface area contributed by atoms with E-state index in [0.717, 1.165) is 11.3 Å². The summed E-state index contributed by atoms with van der Waals surface area (Å²) < 4.78 is 16.6. The molecule has 2 unspecified atom stereocenters. The van der Waals surface area contributed by atoms with Gasteiger partial charge in [0.25, 0.3) is 0 Å². The van der Waals surface area contributed by atoms with Crippen molar-refractivity contribution in [3.05, 3.63) is 29.8 Å². The number of ether oxygens (including phenoxy) is 3. The molecule has 0 amide bonds. The van der Waals surface area contributed by atoms with Gasteiger partial charge < -0.3 is 14.2 Å². The molecule has 0 saturated carbocycles. The molecule has 88 valence electrons. The van der Waals surface area contributed by atoms with Crippen molar-refractivity contribution in [2.24, 2.45) is 5.92 Å². The summed E-state index contributed by atoms with van der Waals surface area (Å²) in [7, 11) is 1.66. The van der Waals surface area contributed by atoms with Gasteiger partial charge in [0.15, 0.2) is 6.29 Å². The molecule has 1 aliphatic rings. The van der Waals surface area contributed by atoms with E-state index in [1.807, 2.05) is 24.3 Å². The molecule has 2 rings (SSSR count). The Kier molecular flexibility index (Phi) is 3.46. The maximum absolute atomic E-state index is 5.83. The van der Waals surface area contributed by atoms with E-state index in [1.54, 1.807) is 7.11 Å². The second-order valence-electron chi connectivity index (χ2n) is 4.36. The molecule has 1 aromatic rings. The summed E-state index contributed by atoms with van der Waals surface area (Å²) in [6.07, 6.45) is -0.0568. The van der Waals surface area contributed by atoms with Crippen molar-refractivity contribution in [2.45, 2.75) is 26.2 Å². The maximum Gasteiger partial charge on any atom is 0.184 e. The molecule has 16 heavy (non-hydrogen) atoms. The van der Waals surface area contributed by atoms with E-state index in [4.69, 9.17) is 14.2 Å². The van der Waals surface area contributed by atoms with Gasteiger partial charge in [-0.3, -0.25) is 0 Å². The van der Waals surface area contributed by atoms with E-state index >= 15 is 0 Å². The lowest BCUT2D eigenvalue weighted by molar-refractivity contribution is -0.0671. The van der Waals surface area contributed by atoms with Crippen LogP contribution < -0.4 is 4.74 Å². The molecule has 0 bridgehead atoms. The molecule has 0 spiro atoms. The van der Waals surface area contributed by atoms with Crippen LogP contribution in [0.5, 0.6) is 5.75 Å². The van der Waals surface area contributed by atoms with E-state index in [1.165, 1.54) is 0 Å². The Bertz CT molecular complexity index is 349. The Balaban J connectivity index is 2.08. The number of methoxy groups -OCH3 is 1. The first kappa shape index (κ1) is 11.4. The van der Waals surface area contributed by atoms with E-state index < -0.39 is 0 Å². The maximum atomic E-state index is 5.83. The summed E-state index contributed by atoms with van der Waals surface area (Å²) in [5.74, 6) is 1.31. The molecule has 3 nitrogen and oxygen atoms in total. The lowest BCUT2D eigenvalue weighted by Gasteiger charge is -2.14. The van der Waals surface area contributed by atoms with Gasteiger partial charge in [-0.05, 0) is 18.1 Å². The third-order valence-corrected chi connectivity index (χ3v) is 2.82. The quantitative estimate of drug-likeness (QED) is 0.787. The summed E-state index contributed by atoms with van der Waals surface area (Å²) in [6, 6.07) is 7.81.